The Hall–Kier alpha value is -1.74. The molecule has 0 spiro atoms. The van der Waals surface area contributed by atoms with Gasteiger partial charge in [-0.15, -0.1) is 0 Å². The van der Waals surface area contributed by atoms with E-state index >= 15 is 0 Å². The predicted molar refractivity (Wildman–Crippen MR) is 63.6 cm³/mol. The molecule has 19 heavy (non-hydrogen) atoms. The van der Waals surface area contributed by atoms with Crippen molar-refractivity contribution in [1.82, 2.24) is 0 Å². The van der Waals surface area contributed by atoms with Gasteiger partial charge in [0.1, 0.15) is 0 Å². The summed E-state index contributed by atoms with van der Waals surface area (Å²) in [7, 11) is 0. The van der Waals surface area contributed by atoms with Gasteiger partial charge >= 0.3 is 6.18 Å². The van der Waals surface area contributed by atoms with Crippen molar-refractivity contribution in [3.63, 3.8) is 0 Å². The monoisotopic (exact) mass is 270 g/mol. The SMILES string of the molecule is CC1(O)CCN(c2ccc(C(F)(F)F)c(C#N)c2)C1. The Kier molecular flexibility index (Phi) is 3.19. The molecule has 0 amide bonds. The van der Waals surface area contributed by atoms with Gasteiger partial charge in [0.2, 0.25) is 0 Å². The summed E-state index contributed by atoms with van der Waals surface area (Å²) in [6.07, 6.45) is -3.98. The van der Waals surface area contributed by atoms with Crippen molar-refractivity contribution in [2.75, 3.05) is 18.0 Å². The quantitative estimate of drug-likeness (QED) is 0.853. The van der Waals surface area contributed by atoms with Gasteiger partial charge in [-0.05, 0) is 31.5 Å². The smallest absolute Gasteiger partial charge is 0.388 e. The van der Waals surface area contributed by atoms with E-state index < -0.39 is 22.9 Å². The number of nitrogens with zero attached hydrogens (tertiary/aromatic N) is 2. The molecule has 1 fully saturated rings. The molecule has 1 heterocycles. The number of halogens is 3. The Labute approximate surface area is 108 Å². The standard InChI is InChI=1S/C13H13F3N2O/c1-12(19)4-5-18(8-12)10-2-3-11(13(14,15)16)9(6-10)7-17/h2-3,6,19H,4-5,8H2,1H3. The summed E-state index contributed by atoms with van der Waals surface area (Å²) in [5.74, 6) is 0. The van der Waals surface area contributed by atoms with Gasteiger partial charge in [-0.3, -0.25) is 0 Å². The van der Waals surface area contributed by atoms with E-state index in [1.807, 2.05) is 0 Å². The summed E-state index contributed by atoms with van der Waals surface area (Å²) in [4.78, 5) is 1.78. The summed E-state index contributed by atoms with van der Waals surface area (Å²) in [5, 5.41) is 18.7. The fourth-order valence-corrected chi connectivity index (χ4v) is 2.23. The van der Waals surface area contributed by atoms with Crippen molar-refractivity contribution >= 4 is 5.69 Å². The van der Waals surface area contributed by atoms with E-state index in [0.717, 1.165) is 6.07 Å². The number of anilines is 1. The van der Waals surface area contributed by atoms with E-state index in [9.17, 15) is 18.3 Å². The van der Waals surface area contributed by atoms with Gasteiger partial charge in [-0.1, -0.05) is 0 Å². The Morgan fingerprint density at radius 2 is 2.11 bits per heavy atom. The molecular formula is C13H13F3N2O. The van der Waals surface area contributed by atoms with Crippen LogP contribution in [0.25, 0.3) is 0 Å². The van der Waals surface area contributed by atoms with Crippen LogP contribution >= 0.6 is 0 Å². The normalized spacial score (nSPS) is 23.5. The van der Waals surface area contributed by atoms with Crippen LogP contribution in [-0.4, -0.2) is 23.8 Å². The summed E-state index contributed by atoms with van der Waals surface area (Å²) >= 11 is 0. The van der Waals surface area contributed by atoms with Crippen LogP contribution in [0.15, 0.2) is 18.2 Å². The van der Waals surface area contributed by atoms with Crippen LogP contribution in [-0.2, 0) is 6.18 Å². The van der Waals surface area contributed by atoms with Crippen LogP contribution in [0, 0.1) is 11.3 Å². The Balaban J connectivity index is 2.34. The highest BCUT2D eigenvalue weighted by molar-refractivity contribution is 5.56. The maximum atomic E-state index is 12.7. The second-order valence-corrected chi connectivity index (χ2v) is 5.01. The van der Waals surface area contributed by atoms with Gasteiger partial charge in [0.05, 0.1) is 22.8 Å². The first-order chi connectivity index (χ1) is 8.73. The van der Waals surface area contributed by atoms with Crippen molar-refractivity contribution in [1.29, 1.82) is 5.26 Å². The molecule has 102 valence electrons. The van der Waals surface area contributed by atoms with E-state index in [-0.39, 0.29) is 0 Å². The fourth-order valence-electron chi connectivity index (χ4n) is 2.23. The van der Waals surface area contributed by atoms with Gasteiger partial charge in [-0.25, -0.2) is 0 Å². The van der Waals surface area contributed by atoms with Crippen LogP contribution in [0.1, 0.15) is 24.5 Å². The van der Waals surface area contributed by atoms with Gasteiger partial charge in [0.15, 0.2) is 0 Å². The number of hydrogen-bond donors (Lipinski definition) is 1. The van der Waals surface area contributed by atoms with Gasteiger partial charge < -0.3 is 10.0 Å². The maximum Gasteiger partial charge on any atom is 0.417 e. The summed E-state index contributed by atoms with van der Waals surface area (Å²) in [5.41, 5.74) is -1.63. The van der Waals surface area contributed by atoms with Crippen LogP contribution < -0.4 is 4.90 Å². The number of β-amino-alcohol motifs (C(OH)–C–C–N with tert-alkyl or cyclic N) is 1. The molecular weight excluding hydrogens is 257 g/mol. The van der Waals surface area contributed by atoms with Crippen LogP contribution in [0.5, 0.6) is 0 Å². The van der Waals surface area contributed by atoms with Crippen LogP contribution in [0.4, 0.5) is 18.9 Å². The Bertz CT molecular complexity index is 532. The lowest BCUT2D eigenvalue weighted by Gasteiger charge is -2.21. The highest BCUT2D eigenvalue weighted by Gasteiger charge is 2.35. The fraction of sp³-hybridized carbons (Fsp3) is 0.462. The third-order valence-corrected chi connectivity index (χ3v) is 3.25. The molecule has 1 atom stereocenters. The third-order valence-electron chi connectivity index (χ3n) is 3.25. The second kappa shape index (κ2) is 4.42. The summed E-state index contributed by atoms with van der Waals surface area (Å²) in [6, 6.07) is 5.06. The first-order valence-electron chi connectivity index (χ1n) is 5.82. The van der Waals surface area contributed by atoms with Gasteiger partial charge in [0.25, 0.3) is 0 Å². The van der Waals surface area contributed by atoms with E-state index in [1.54, 1.807) is 17.9 Å². The highest BCUT2D eigenvalue weighted by atomic mass is 19.4. The van der Waals surface area contributed by atoms with Crippen molar-refractivity contribution in [3.05, 3.63) is 29.3 Å². The minimum absolute atomic E-state index is 0.350. The number of nitriles is 1. The van der Waals surface area contributed by atoms with Crippen LogP contribution in [0.2, 0.25) is 0 Å². The van der Waals surface area contributed by atoms with Gasteiger partial charge in [-0.2, -0.15) is 18.4 Å². The average molecular weight is 270 g/mol. The number of hydrogen-bond acceptors (Lipinski definition) is 3. The lowest BCUT2D eigenvalue weighted by Crippen LogP contribution is -2.29. The molecule has 6 heteroatoms. The summed E-state index contributed by atoms with van der Waals surface area (Å²) < 4.78 is 38.0. The molecule has 1 saturated heterocycles. The maximum absolute atomic E-state index is 12.7. The number of aliphatic hydroxyl groups is 1. The molecule has 0 saturated carbocycles. The molecule has 1 aromatic rings. The van der Waals surface area contributed by atoms with Crippen molar-refractivity contribution in [2.45, 2.75) is 25.1 Å². The molecule has 1 aliphatic rings. The van der Waals surface area contributed by atoms with Crippen molar-refractivity contribution in [2.24, 2.45) is 0 Å². The predicted octanol–water partition coefficient (Wildman–Crippen LogP) is 2.54. The lowest BCUT2D eigenvalue weighted by atomic mass is 10.1. The second-order valence-electron chi connectivity index (χ2n) is 5.01. The minimum Gasteiger partial charge on any atom is -0.388 e. The molecule has 1 aromatic carbocycles. The average Bonchev–Trinajstić information content (AvgIpc) is 2.67. The van der Waals surface area contributed by atoms with Crippen LogP contribution in [0.3, 0.4) is 0 Å². The first-order valence-corrected chi connectivity index (χ1v) is 5.82. The molecule has 2 rings (SSSR count). The van der Waals surface area contributed by atoms with E-state index in [4.69, 9.17) is 5.26 Å². The zero-order valence-corrected chi connectivity index (χ0v) is 10.3. The molecule has 3 nitrogen and oxygen atoms in total. The Morgan fingerprint density at radius 3 is 2.58 bits per heavy atom. The zero-order chi connectivity index (χ0) is 14.3. The molecule has 1 N–H and O–H groups in total. The largest absolute Gasteiger partial charge is 0.417 e. The summed E-state index contributed by atoms with van der Waals surface area (Å²) in [6.45, 7) is 2.59. The van der Waals surface area contributed by atoms with E-state index in [0.29, 0.717) is 25.2 Å². The first kappa shape index (κ1) is 13.7. The molecule has 0 aromatic heterocycles. The number of alkyl halides is 3. The zero-order valence-electron chi connectivity index (χ0n) is 10.3. The highest BCUT2D eigenvalue weighted by Crippen LogP contribution is 2.35. The minimum atomic E-state index is -4.53. The van der Waals surface area contributed by atoms with Crippen molar-refractivity contribution in [3.8, 4) is 6.07 Å². The molecule has 1 unspecified atom stereocenters. The molecule has 1 aliphatic heterocycles. The number of benzene rings is 1. The van der Waals surface area contributed by atoms with Crippen molar-refractivity contribution < 1.29 is 18.3 Å². The third kappa shape index (κ3) is 2.82. The topological polar surface area (TPSA) is 47.3 Å². The van der Waals surface area contributed by atoms with Gasteiger partial charge in [0, 0.05) is 18.8 Å². The molecule has 0 bridgehead atoms. The number of rotatable bonds is 1. The molecule has 0 radical (unpaired) electrons. The Morgan fingerprint density at radius 1 is 1.42 bits per heavy atom. The lowest BCUT2D eigenvalue weighted by molar-refractivity contribution is -0.137. The van der Waals surface area contributed by atoms with E-state index in [1.165, 1.54) is 12.1 Å². The molecule has 0 aliphatic carbocycles. The van der Waals surface area contributed by atoms with E-state index in [2.05, 4.69) is 0 Å².